The summed E-state index contributed by atoms with van der Waals surface area (Å²) in [6.07, 6.45) is 1.01. The first-order valence-corrected chi connectivity index (χ1v) is 8.75. The van der Waals surface area contributed by atoms with E-state index in [1.165, 1.54) is 4.88 Å². The summed E-state index contributed by atoms with van der Waals surface area (Å²) in [4.78, 5) is 12.6. The highest BCUT2D eigenvalue weighted by Gasteiger charge is 2.01. The quantitative estimate of drug-likeness (QED) is 0.380. The predicted molar refractivity (Wildman–Crippen MR) is 115 cm³/mol. The Morgan fingerprint density at radius 2 is 2.04 bits per heavy atom. The van der Waals surface area contributed by atoms with Crippen LogP contribution in [0.2, 0.25) is 0 Å². The summed E-state index contributed by atoms with van der Waals surface area (Å²) in [7, 11) is 3.98. The molecule has 0 saturated carbocycles. The number of hydrogen-bond acceptors (Lipinski definition) is 4. The van der Waals surface area contributed by atoms with Crippen LogP contribution in [-0.4, -0.2) is 38.1 Å². The summed E-state index contributed by atoms with van der Waals surface area (Å²) in [6, 6.07) is 10.3. The van der Waals surface area contributed by atoms with Gasteiger partial charge in [-0.2, -0.15) is 0 Å². The van der Waals surface area contributed by atoms with Gasteiger partial charge in [-0.1, -0.05) is 12.1 Å². The van der Waals surface area contributed by atoms with Crippen LogP contribution in [0.4, 0.5) is 5.82 Å². The van der Waals surface area contributed by atoms with Crippen LogP contribution in [0.25, 0.3) is 0 Å². The van der Waals surface area contributed by atoms with E-state index in [-0.39, 0.29) is 24.0 Å². The molecule has 2 aromatic heterocycles. The topological polar surface area (TPSA) is 52.6 Å². The number of nitrogens with one attached hydrogen (secondary N) is 2. The van der Waals surface area contributed by atoms with E-state index in [1.807, 2.05) is 37.2 Å². The molecule has 2 aromatic rings. The summed E-state index contributed by atoms with van der Waals surface area (Å²) >= 11 is 1.79. The van der Waals surface area contributed by atoms with E-state index < -0.39 is 0 Å². The molecule has 7 heteroatoms. The van der Waals surface area contributed by atoms with Crippen LogP contribution in [0.5, 0.6) is 0 Å². The molecule has 5 nitrogen and oxygen atoms in total. The summed E-state index contributed by atoms with van der Waals surface area (Å²) < 4.78 is 0. The van der Waals surface area contributed by atoms with E-state index in [4.69, 9.17) is 0 Å². The van der Waals surface area contributed by atoms with Crippen molar-refractivity contribution in [2.45, 2.75) is 19.9 Å². The molecule has 0 aliphatic heterocycles. The van der Waals surface area contributed by atoms with Crippen LogP contribution >= 0.6 is 35.3 Å². The largest absolute Gasteiger partial charge is 0.363 e. The van der Waals surface area contributed by atoms with Gasteiger partial charge in [0.2, 0.25) is 0 Å². The standard InChI is InChI=1S/C17H25N5S.HI/c1-4-18-17(19-11-10-15-8-6-12-23-15)20-13-14-7-5-9-16(21-14)22(2)3;/h5-9,12H,4,10-11,13H2,1-3H3,(H2,18,19,20);1H. The number of aliphatic imine (C=N–C) groups is 1. The Labute approximate surface area is 165 Å². The van der Waals surface area contributed by atoms with Crippen molar-refractivity contribution in [3.8, 4) is 0 Å². The molecule has 0 aromatic carbocycles. The monoisotopic (exact) mass is 459 g/mol. The van der Waals surface area contributed by atoms with Crippen molar-refractivity contribution < 1.29 is 0 Å². The molecule has 0 aliphatic carbocycles. The van der Waals surface area contributed by atoms with Crippen LogP contribution < -0.4 is 15.5 Å². The minimum absolute atomic E-state index is 0. The summed E-state index contributed by atoms with van der Waals surface area (Å²) in [5, 5.41) is 8.76. The highest BCUT2D eigenvalue weighted by Crippen LogP contribution is 2.09. The minimum Gasteiger partial charge on any atom is -0.363 e. The second kappa shape index (κ2) is 11.2. The lowest BCUT2D eigenvalue weighted by molar-refractivity contribution is 0.801. The lowest BCUT2D eigenvalue weighted by atomic mass is 10.3. The third-order valence-electron chi connectivity index (χ3n) is 3.24. The third kappa shape index (κ3) is 7.04. The third-order valence-corrected chi connectivity index (χ3v) is 4.17. The molecule has 0 bridgehead atoms. The molecule has 2 heterocycles. The van der Waals surface area contributed by atoms with E-state index in [9.17, 15) is 0 Å². The SMILES string of the molecule is CCNC(=NCc1cccc(N(C)C)n1)NCCc1cccs1.I. The number of guanidine groups is 1. The lowest BCUT2D eigenvalue weighted by Gasteiger charge is -2.13. The Morgan fingerprint density at radius 1 is 1.21 bits per heavy atom. The van der Waals surface area contributed by atoms with Gasteiger partial charge < -0.3 is 15.5 Å². The number of hydrogen-bond donors (Lipinski definition) is 2. The van der Waals surface area contributed by atoms with Gasteiger partial charge in [-0.15, -0.1) is 35.3 Å². The molecule has 0 spiro atoms. The van der Waals surface area contributed by atoms with Crippen molar-refractivity contribution >= 4 is 47.1 Å². The average Bonchev–Trinajstić information content (AvgIpc) is 3.06. The van der Waals surface area contributed by atoms with E-state index in [1.54, 1.807) is 11.3 Å². The number of halogens is 1. The number of thiophene rings is 1. The molecule has 0 amide bonds. The molecule has 132 valence electrons. The zero-order chi connectivity index (χ0) is 16.5. The number of nitrogens with zero attached hydrogens (tertiary/aromatic N) is 3. The van der Waals surface area contributed by atoms with Crippen molar-refractivity contribution in [2.24, 2.45) is 4.99 Å². The first kappa shape index (κ1) is 20.7. The Hall–Kier alpha value is -1.35. The molecule has 0 atom stereocenters. The number of anilines is 1. The molecule has 0 saturated heterocycles. The smallest absolute Gasteiger partial charge is 0.191 e. The Balaban J connectivity index is 0.00000288. The first-order chi connectivity index (χ1) is 11.2. The van der Waals surface area contributed by atoms with Crippen LogP contribution in [-0.2, 0) is 13.0 Å². The maximum atomic E-state index is 4.62. The summed E-state index contributed by atoms with van der Waals surface area (Å²) in [6.45, 7) is 4.35. The van der Waals surface area contributed by atoms with Crippen LogP contribution in [0.3, 0.4) is 0 Å². The molecule has 0 unspecified atom stereocenters. The highest BCUT2D eigenvalue weighted by atomic mass is 127. The maximum absolute atomic E-state index is 4.62. The number of rotatable bonds is 7. The molecule has 0 fully saturated rings. The molecule has 0 radical (unpaired) electrons. The lowest BCUT2D eigenvalue weighted by Crippen LogP contribution is -2.38. The highest BCUT2D eigenvalue weighted by molar-refractivity contribution is 14.0. The van der Waals surface area contributed by atoms with Crippen molar-refractivity contribution in [1.82, 2.24) is 15.6 Å². The second-order valence-electron chi connectivity index (χ2n) is 5.33. The van der Waals surface area contributed by atoms with Crippen LogP contribution in [0.1, 0.15) is 17.5 Å². The molecular weight excluding hydrogens is 433 g/mol. The maximum Gasteiger partial charge on any atom is 0.191 e. The molecule has 2 rings (SSSR count). The van der Waals surface area contributed by atoms with Gasteiger partial charge in [-0.05, 0) is 36.9 Å². The van der Waals surface area contributed by atoms with Gasteiger partial charge in [0.25, 0.3) is 0 Å². The second-order valence-corrected chi connectivity index (χ2v) is 6.37. The average molecular weight is 459 g/mol. The minimum atomic E-state index is 0. The van der Waals surface area contributed by atoms with E-state index in [2.05, 4.69) is 45.0 Å². The Morgan fingerprint density at radius 3 is 2.71 bits per heavy atom. The van der Waals surface area contributed by atoms with Crippen LogP contribution in [0.15, 0.2) is 40.7 Å². The van der Waals surface area contributed by atoms with E-state index in [0.29, 0.717) is 6.54 Å². The first-order valence-electron chi connectivity index (χ1n) is 7.87. The zero-order valence-electron chi connectivity index (χ0n) is 14.5. The normalized spacial score (nSPS) is 10.9. The van der Waals surface area contributed by atoms with Gasteiger partial charge in [0, 0.05) is 32.1 Å². The van der Waals surface area contributed by atoms with Crippen molar-refractivity contribution in [3.05, 3.63) is 46.3 Å². The van der Waals surface area contributed by atoms with Crippen molar-refractivity contribution in [1.29, 1.82) is 0 Å². The van der Waals surface area contributed by atoms with Gasteiger partial charge in [0.15, 0.2) is 5.96 Å². The van der Waals surface area contributed by atoms with Gasteiger partial charge in [-0.3, -0.25) is 0 Å². The summed E-state index contributed by atoms with van der Waals surface area (Å²) in [5.74, 6) is 1.79. The number of pyridine rings is 1. The fourth-order valence-electron chi connectivity index (χ4n) is 2.06. The molecule has 2 N–H and O–H groups in total. The number of aromatic nitrogens is 1. The van der Waals surface area contributed by atoms with Gasteiger partial charge in [0.1, 0.15) is 5.82 Å². The molecule has 24 heavy (non-hydrogen) atoms. The molecule has 0 aliphatic rings. The Kier molecular flexibility index (Phi) is 9.70. The van der Waals surface area contributed by atoms with Gasteiger partial charge in [0.05, 0.1) is 12.2 Å². The van der Waals surface area contributed by atoms with Crippen molar-refractivity contribution in [3.63, 3.8) is 0 Å². The fraction of sp³-hybridized carbons (Fsp3) is 0.412. The molecular formula is C17H26IN5S. The summed E-state index contributed by atoms with van der Waals surface area (Å²) in [5.41, 5.74) is 0.964. The van der Waals surface area contributed by atoms with E-state index >= 15 is 0 Å². The zero-order valence-corrected chi connectivity index (χ0v) is 17.6. The van der Waals surface area contributed by atoms with Crippen LogP contribution in [0, 0.1) is 0 Å². The Bertz CT molecular complexity index is 613. The predicted octanol–water partition coefficient (Wildman–Crippen LogP) is 3.12. The van der Waals surface area contributed by atoms with Gasteiger partial charge in [-0.25, -0.2) is 9.98 Å². The fourth-order valence-corrected chi connectivity index (χ4v) is 2.77. The van der Waals surface area contributed by atoms with E-state index in [0.717, 1.165) is 37.0 Å². The van der Waals surface area contributed by atoms with Gasteiger partial charge >= 0.3 is 0 Å². The van der Waals surface area contributed by atoms with Crippen molar-refractivity contribution in [2.75, 3.05) is 32.1 Å².